The van der Waals surface area contributed by atoms with Crippen molar-refractivity contribution in [1.29, 1.82) is 5.26 Å². The number of imidazole rings is 1. The molecule has 0 radical (unpaired) electrons. The summed E-state index contributed by atoms with van der Waals surface area (Å²) < 4.78 is 33.3. The molecule has 0 bridgehead atoms. The standard InChI is InChI=1S/C24H17N5O3S2/c1-15-2-8-20-21(12-15)28-23(27-20)17(14-25)13-18-5-9-22(32-18)16-3-6-19(7-4-16)34(30,31)29-24-26-10-11-33-24/h2-13H,1H3,(H,26,29)(H,27,28)/b17-13-. The molecule has 0 saturated heterocycles. The first-order chi connectivity index (χ1) is 16.4. The number of H-pyrrole nitrogens is 1. The van der Waals surface area contributed by atoms with Gasteiger partial charge in [-0.1, -0.05) is 6.07 Å². The second-order valence-corrected chi connectivity index (χ2v) is 10.0. The second-order valence-electron chi connectivity index (χ2n) is 7.44. The van der Waals surface area contributed by atoms with Gasteiger partial charge in [0.15, 0.2) is 5.13 Å². The van der Waals surface area contributed by atoms with Gasteiger partial charge in [-0.15, -0.1) is 11.3 Å². The average Bonchev–Trinajstić information content (AvgIpc) is 3.58. The van der Waals surface area contributed by atoms with Crippen LogP contribution in [-0.4, -0.2) is 23.4 Å². The van der Waals surface area contributed by atoms with Crippen molar-refractivity contribution < 1.29 is 12.8 Å². The van der Waals surface area contributed by atoms with Gasteiger partial charge in [0, 0.05) is 23.2 Å². The van der Waals surface area contributed by atoms with Gasteiger partial charge in [0.1, 0.15) is 23.4 Å². The molecule has 3 aromatic heterocycles. The quantitative estimate of drug-likeness (QED) is 0.307. The first-order valence-electron chi connectivity index (χ1n) is 10.1. The van der Waals surface area contributed by atoms with E-state index in [-0.39, 0.29) is 4.90 Å². The highest BCUT2D eigenvalue weighted by Crippen LogP contribution is 2.27. The summed E-state index contributed by atoms with van der Waals surface area (Å²) in [4.78, 5) is 11.7. The van der Waals surface area contributed by atoms with Crippen LogP contribution in [0.25, 0.3) is 34.0 Å². The van der Waals surface area contributed by atoms with E-state index in [1.54, 1.807) is 35.7 Å². The molecule has 2 N–H and O–H groups in total. The predicted molar refractivity (Wildman–Crippen MR) is 131 cm³/mol. The van der Waals surface area contributed by atoms with Crippen molar-refractivity contribution in [3.05, 3.63) is 83.3 Å². The topological polar surface area (TPSA) is 125 Å². The van der Waals surface area contributed by atoms with Crippen molar-refractivity contribution in [3.63, 3.8) is 0 Å². The number of hydrogen-bond acceptors (Lipinski definition) is 7. The molecule has 0 aliphatic carbocycles. The number of nitrogens with zero attached hydrogens (tertiary/aromatic N) is 3. The van der Waals surface area contributed by atoms with Crippen molar-refractivity contribution >= 4 is 49.2 Å². The molecule has 10 heteroatoms. The minimum atomic E-state index is -3.73. The molecule has 0 unspecified atom stereocenters. The fourth-order valence-electron chi connectivity index (χ4n) is 3.38. The van der Waals surface area contributed by atoms with Crippen LogP contribution in [0.3, 0.4) is 0 Å². The highest BCUT2D eigenvalue weighted by Gasteiger charge is 2.16. The molecule has 0 saturated carbocycles. The number of aryl methyl sites for hydroxylation is 1. The third-order valence-corrected chi connectivity index (χ3v) is 7.20. The predicted octanol–water partition coefficient (Wildman–Crippen LogP) is 5.45. The Bertz CT molecular complexity index is 1660. The van der Waals surface area contributed by atoms with E-state index < -0.39 is 10.0 Å². The van der Waals surface area contributed by atoms with Gasteiger partial charge in [-0.2, -0.15) is 5.26 Å². The summed E-state index contributed by atoms with van der Waals surface area (Å²) in [5, 5.41) is 11.7. The van der Waals surface area contributed by atoms with Crippen LogP contribution in [0.2, 0.25) is 0 Å². The molecule has 168 valence electrons. The maximum atomic E-state index is 12.5. The largest absolute Gasteiger partial charge is 0.457 e. The smallest absolute Gasteiger partial charge is 0.263 e. The summed E-state index contributed by atoms with van der Waals surface area (Å²) in [6.07, 6.45) is 3.15. The molecule has 8 nitrogen and oxygen atoms in total. The summed E-state index contributed by atoms with van der Waals surface area (Å²) in [7, 11) is -3.73. The molecule has 0 aliphatic rings. The zero-order chi connectivity index (χ0) is 23.7. The number of thiazole rings is 1. The Hall–Kier alpha value is -4.20. The van der Waals surface area contributed by atoms with Gasteiger partial charge < -0.3 is 9.40 Å². The first-order valence-corrected chi connectivity index (χ1v) is 12.5. The van der Waals surface area contributed by atoms with Crippen molar-refractivity contribution in [2.75, 3.05) is 4.72 Å². The first kappa shape index (κ1) is 21.6. The van der Waals surface area contributed by atoms with Crippen molar-refractivity contribution in [2.24, 2.45) is 0 Å². The zero-order valence-electron chi connectivity index (χ0n) is 17.8. The number of furan rings is 1. The third kappa shape index (κ3) is 4.34. The fraction of sp³-hybridized carbons (Fsp3) is 0.0417. The Labute approximate surface area is 199 Å². The fourth-order valence-corrected chi connectivity index (χ4v) is 5.17. The molecule has 0 spiro atoms. The molecule has 0 fully saturated rings. The van der Waals surface area contributed by atoms with Gasteiger partial charge >= 0.3 is 0 Å². The van der Waals surface area contributed by atoms with Gasteiger partial charge in [0.2, 0.25) is 0 Å². The maximum absolute atomic E-state index is 12.5. The zero-order valence-corrected chi connectivity index (χ0v) is 19.4. The Balaban J connectivity index is 1.38. The number of nitrogens with one attached hydrogen (secondary N) is 2. The maximum Gasteiger partial charge on any atom is 0.263 e. The molecule has 5 aromatic rings. The summed E-state index contributed by atoms with van der Waals surface area (Å²) in [6.45, 7) is 1.99. The lowest BCUT2D eigenvalue weighted by molar-refractivity contribution is 0.571. The second kappa shape index (κ2) is 8.62. The van der Waals surface area contributed by atoms with E-state index in [1.165, 1.54) is 29.7 Å². The highest BCUT2D eigenvalue weighted by atomic mass is 32.2. The highest BCUT2D eigenvalue weighted by molar-refractivity contribution is 7.93. The average molecular weight is 488 g/mol. The molecule has 5 rings (SSSR count). The van der Waals surface area contributed by atoms with Crippen LogP contribution < -0.4 is 4.72 Å². The lowest BCUT2D eigenvalue weighted by atomic mass is 10.2. The molecule has 3 heterocycles. The van der Waals surface area contributed by atoms with E-state index in [4.69, 9.17) is 4.42 Å². The van der Waals surface area contributed by atoms with E-state index in [1.807, 2.05) is 25.1 Å². The number of rotatable bonds is 6. The van der Waals surface area contributed by atoms with Crippen LogP contribution in [0.15, 0.2) is 75.5 Å². The Morgan fingerprint density at radius 1 is 1.18 bits per heavy atom. The lowest BCUT2D eigenvalue weighted by Crippen LogP contribution is -2.12. The number of allylic oxidation sites excluding steroid dienone is 1. The molecule has 0 aliphatic heterocycles. The normalized spacial score (nSPS) is 12.1. The summed E-state index contributed by atoms with van der Waals surface area (Å²) in [5.74, 6) is 1.48. The third-order valence-electron chi connectivity index (χ3n) is 5.03. The monoisotopic (exact) mass is 487 g/mol. The van der Waals surface area contributed by atoms with Crippen molar-refractivity contribution in [2.45, 2.75) is 11.8 Å². The van der Waals surface area contributed by atoms with E-state index in [9.17, 15) is 13.7 Å². The molecule has 0 amide bonds. The van der Waals surface area contributed by atoms with E-state index in [0.717, 1.165) is 16.6 Å². The van der Waals surface area contributed by atoms with Crippen LogP contribution in [-0.2, 0) is 10.0 Å². The van der Waals surface area contributed by atoms with Crippen LogP contribution in [0.5, 0.6) is 0 Å². The number of nitriles is 1. The Kier molecular flexibility index (Phi) is 5.49. The number of aromatic amines is 1. The number of benzene rings is 2. The molecular weight excluding hydrogens is 470 g/mol. The van der Waals surface area contributed by atoms with E-state index in [0.29, 0.717) is 33.6 Å². The molecule has 2 aromatic carbocycles. The minimum Gasteiger partial charge on any atom is -0.457 e. The molecule has 34 heavy (non-hydrogen) atoms. The van der Waals surface area contributed by atoms with Gasteiger partial charge in [0.05, 0.1) is 21.5 Å². The molecule has 0 atom stereocenters. The number of anilines is 1. The van der Waals surface area contributed by atoms with E-state index in [2.05, 4.69) is 25.7 Å². The minimum absolute atomic E-state index is 0.116. The van der Waals surface area contributed by atoms with Crippen LogP contribution in [0.4, 0.5) is 5.13 Å². The van der Waals surface area contributed by atoms with Crippen LogP contribution in [0, 0.1) is 18.3 Å². The summed E-state index contributed by atoms with van der Waals surface area (Å²) in [5.41, 5.74) is 3.77. The van der Waals surface area contributed by atoms with Gasteiger partial charge in [0.25, 0.3) is 10.0 Å². The van der Waals surface area contributed by atoms with Crippen LogP contribution >= 0.6 is 11.3 Å². The van der Waals surface area contributed by atoms with Crippen molar-refractivity contribution in [3.8, 4) is 17.4 Å². The summed E-state index contributed by atoms with van der Waals surface area (Å²) in [6, 6.07) is 17.8. The van der Waals surface area contributed by atoms with Crippen LogP contribution in [0.1, 0.15) is 17.1 Å². The SMILES string of the molecule is Cc1ccc2nc(/C(C#N)=C\c3ccc(-c4ccc(S(=O)(=O)Nc5nccs5)cc4)o3)[nH]c2c1. The van der Waals surface area contributed by atoms with Gasteiger partial charge in [-0.3, -0.25) is 4.72 Å². The Morgan fingerprint density at radius 3 is 2.74 bits per heavy atom. The Morgan fingerprint density at radius 2 is 2.00 bits per heavy atom. The van der Waals surface area contributed by atoms with Gasteiger partial charge in [-0.05, 0) is 61.0 Å². The lowest BCUT2D eigenvalue weighted by Gasteiger charge is -2.05. The number of sulfonamides is 1. The van der Waals surface area contributed by atoms with E-state index >= 15 is 0 Å². The number of fused-ring (bicyclic) bond motifs is 1. The number of hydrogen-bond donors (Lipinski definition) is 2. The molecular formula is C24H17N5O3S2. The van der Waals surface area contributed by atoms with Crippen molar-refractivity contribution in [1.82, 2.24) is 15.0 Å². The number of aromatic nitrogens is 3. The van der Waals surface area contributed by atoms with Gasteiger partial charge in [-0.25, -0.2) is 18.4 Å². The summed E-state index contributed by atoms with van der Waals surface area (Å²) >= 11 is 1.20.